The van der Waals surface area contributed by atoms with Crippen LogP contribution in [-0.2, 0) is 12.7 Å². The molecule has 1 saturated heterocycles. The highest BCUT2D eigenvalue weighted by molar-refractivity contribution is 7.16. The third-order valence-corrected chi connectivity index (χ3v) is 8.15. The summed E-state index contributed by atoms with van der Waals surface area (Å²) in [5.74, 6) is 0.392. The third kappa shape index (κ3) is 6.69. The highest BCUT2D eigenvalue weighted by atomic mass is 32.1. The molecule has 1 fully saturated rings. The number of thiophene rings is 1. The van der Waals surface area contributed by atoms with Gasteiger partial charge < -0.3 is 15.0 Å². The van der Waals surface area contributed by atoms with Gasteiger partial charge in [-0.05, 0) is 60.5 Å². The van der Waals surface area contributed by atoms with Gasteiger partial charge in [0.15, 0.2) is 0 Å². The van der Waals surface area contributed by atoms with Crippen molar-refractivity contribution >= 4 is 33.1 Å². The number of benzene rings is 2. The van der Waals surface area contributed by atoms with Crippen LogP contribution in [0.15, 0.2) is 84.5 Å². The Bertz CT molecular complexity index is 1750. The van der Waals surface area contributed by atoms with E-state index in [-0.39, 0.29) is 17.7 Å². The van der Waals surface area contributed by atoms with E-state index in [0.717, 1.165) is 34.9 Å². The Morgan fingerprint density at radius 2 is 1.86 bits per heavy atom. The molecule has 0 saturated carbocycles. The topological polar surface area (TPSA) is 70.6 Å². The molecule has 0 bridgehead atoms. The van der Waals surface area contributed by atoms with Crippen LogP contribution in [0.2, 0.25) is 0 Å². The first-order chi connectivity index (χ1) is 20.7. The van der Waals surface area contributed by atoms with Crippen molar-refractivity contribution in [3.05, 3.63) is 101 Å². The van der Waals surface area contributed by atoms with Gasteiger partial charge in [0.2, 0.25) is 0 Å². The Balaban J connectivity index is 1.21. The van der Waals surface area contributed by atoms with Gasteiger partial charge in [0.05, 0.1) is 16.6 Å². The zero-order chi connectivity index (χ0) is 30.0. The second-order valence-electron chi connectivity index (χ2n) is 10.4. The fraction of sp³-hybridized carbons (Fsp3) is 0.219. The molecule has 6 rings (SSSR count). The fourth-order valence-electron chi connectivity index (χ4n) is 5.00. The number of rotatable bonds is 7. The van der Waals surface area contributed by atoms with Gasteiger partial charge in [-0.2, -0.15) is 13.2 Å². The van der Waals surface area contributed by atoms with E-state index in [1.54, 1.807) is 36.7 Å². The number of nitrogens with one attached hydrogen (secondary N) is 1. The Hall–Kier alpha value is -4.32. The van der Waals surface area contributed by atoms with Gasteiger partial charge in [0.1, 0.15) is 16.3 Å². The van der Waals surface area contributed by atoms with E-state index in [1.807, 2.05) is 41.6 Å². The summed E-state index contributed by atoms with van der Waals surface area (Å²) < 4.78 is 48.3. The van der Waals surface area contributed by atoms with Gasteiger partial charge in [-0.1, -0.05) is 12.1 Å². The molecule has 220 valence electrons. The van der Waals surface area contributed by atoms with E-state index in [1.165, 1.54) is 23.5 Å². The summed E-state index contributed by atoms with van der Waals surface area (Å²) >= 11 is 1.49. The van der Waals surface area contributed by atoms with Gasteiger partial charge in [-0.15, -0.1) is 11.3 Å². The van der Waals surface area contributed by atoms with Crippen molar-refractivity contribution in [2.75, 3.05) is 38.5 Å². The number of alkyl halides is 3. The molecule has 5 aromatic rings. The first kappa shape index (κ1) is 28.8. The smallest absolute Gasteiger partial charge is 0.416 e. The molecule has 0 spiro atoms. The lowest BCUT2D eigenvalue weighted by Crippen LogP contribution is -2.44. The quantitative estimate of drug-likeness (QED) is 0.213. The molecule has 1 aliphatic rings. The van der Waals surface area contributed by atoms with Crippen LogP contribution in [0.25, 0.3) is 21.5 Å². The molecule has 0 unspecified atom stereocenters. The number of carbonyl (C=O) groups excluding carboxylic acids is 1. The van der Waals surface area contributed by atoms with Crippen LogP contribution in [0.3, 0.4) is 0 Å². The number of likely N-dealkylation sites (N-methyl/N-ethyl adjacent to an activating group) is 1. The number of ether oxygens (including phenoxy) is 1. The summed E-state index contributed by atoms with van der Waals surface area (Å²) in [5.41, 5.74) is 1.23. The second-order valence-corrected chi connectivity index (χ2v) is 11.3. The molecule has 0 aliphatic carbocycles. The van der Waals surface area contributed by atoms with E-state index < -0.39 is 17.6 Å². The summed E-state index contributed by atoms with van der Waals surface area (Å²) in [4.78, 5) is 26.9. The Morgan fingerprint density at radius 1 is 1.02 bits per heavy atom. The summed E-state index contributed by atoms with van der Waals surface area (Å²) in [6, 6.07) is 18.0. The van der Waals surface area contributed by atoms with Crippen LogP contribution >= 0.6 is 11.3 Å². The fourth-order valence-corrected chi connectivity index (χ4v) is 5.78. The van der Waals surface area contributed by atoms with Crippen molar-refractivity contribution in [1.29, 1.82) is 0 Å². The Kier molecular flexibility index (Phi) is 8.11. The largest absolute Gasteiger partial charge is 0.456 e. The van der Waals surface area contributed by atoms with E-state index in [0.29, 0.717) is 36.0 Å². The van der Waals surface area contributed by atoms with Gasteiger partial charge in [-0.25, -0.2) is 4.98 Å². The highest BCUT2D eigenvalue weighted by Crippen LogP contribution is 2.37. The number of nitrogens with zero attached hydrogens (tertiary/aromatic N) is 4. The lowest BCUT2D eigenvalue weighted by atomic mass is 10.0. The molecule has 3 aromatic heterocycles. The number of hydrogen-bond donors (Lipinski definition) is 1. The maximum Gasteiger partial charge on any atom is 0.416 e. The lowest BCUT2D eigenvalue weighted by molar-refractivity contribution is -0.138. The summed E-state index contributed by atoms with van der Waals surface area (Å²) in [6.07, 6.45) is -1.17. The summed E-state index contributed by atoms with van der Waals surface area (Å²) in [6.45, 7) is 3.16. The second kappa shape index (κ2) is 12.1. The van der Waals surface area contributed by atoms with Crippen molar-refractivity contribution in [3.63, 3.8) is 0 Å². The van der Waals surface area contributed by atoms with Crippen LogP contribution in [0.1, 0.15) is 21.5 Å². The number of hydrogen-bond acceptors (Lipinski definition) is 7. The number of pyridine rings is 2. The minimum atomic E-state index is -4.59. The molecule has 0 radical (unpaired) electrons. The molecule has 11 heteroatoms. The number of aromatic nitrogens is 2. The molecule has 2 aromatic carbocycles. The average Bonchev–Trinajstić information content (AvgIpc) is 3.48. The lowest BCUT2D eigenvalue weighted by Gasteiger charge is -2.33. The SMILES string of the molecule is CN1CCN(Cc2ccc(C(=O)Nc3cccc(Oc4cc(-c5cccnc5)nc5sccc45)c3)cc2C(F)(F)F)CC1. The van der Waals surface area contributed by atoms with Crippen LogP contribution in [-0.4, -0.2) is 58.9 Å². The predicted octanol–water partition coefficient (Wildman–Crippen LogP) is 7.17. The van der Waals surface area contributed by atoms with E-state index in [9.17, 15) is 18.0 Å². The molecule has 1 amide bonds. The molecule has 1 aliphatic heterocycles. The molecular weight excluding hydrogens is 575 g/mol. The molecule has 1 N–H and O–H groups in total. The number of carbonyl (C=O) groups is 1. The first-order valence-electron chi connectivity index (χ1n) is 13.7. The average molecular weight is 604 g/mol. The van der Waals surface area contributed by atoms with Crippen molar-refractivity contribution in [2.24, 2.45) is 0 Å². The molecule has 7 nitrogen and oxygen atoms in total. The number of piperazine rings is 1. The summed E-state index contributed by atoms with van der Waals surface area (Å²) in [5, 5.41) is 5.48. The van der Waals surface area contributed by atoms with Crippen LogP contribution in [0.4, 0.5) is 18.9 Å². The van der Waals surface area contributed by atoms with Crippen molar-refractivity contribution in [2.45, 2.75) is 12.7 Å². The Labute approximate surface area is 250 Å². The van der Waals surface area contributed by atoms with Crippen molar-refractivity contribution in [1.82, 2.24) is 19.8 Å². The minimum Gasteiger partial charge on any atom is -0.456 e. The first-order valence-corrected chi connectivity index (χ1v) is 14.6. The monoisotopic (exact) mass is 603 g/mol. The Morgan fingerprint density at radius 3 is 2.63 bits per heavy atom. The standard InChI is InChI=1S/C32H28F3N5O2S/c1-39-11-13-40(14-12-39)20-23-8-7-21(16-27(23)32(33,34)35)30(41)37-24-5-2-6-25(17-24)42-29-18-28(22-4-3-10-36-19-22)38-31-26(29)9-15-43-31/h2-10,15-19H,11-14,20H2,1H3,(H,37,41). The minimum absolute atomic E-state index is 0.0731. The van der Waals surface area contributed by atoms with E-state index in [4.69, 9.17) is 9.72 Å². The highest BCUT2D eigenvalue weighted by Gasteiger charge is 2.34. The van der Waals surface area contributed by atoms with Crippen LogP contribution < -0.4 is 10.1 Å². The van der Waals surface area contributed by atoms with Gasteiger partial charge >= 0.3 is 6.18 Å². The van der Waals surface area contributed by atoms with Crippen molar-refractivity contribution in [3.8, 4) is 22.8 Å². The summed E-state index contributed by atoms with van der Waals surface area (Å²) in [7, 11) is 1.99. The zero-order valence-corrected chi connectivity index (χ0v) is 24.1. The predicted molar refractivity (Wildman–Crippen MR) is 162 cm³/mol. The van der Waals surface area contributed by atoms with Crippen molar-refractivity contribution < 1.29 is 22.7 Å². The van der Waals surface area contributed by atoms with Crippen LogP contribution in [0.5, 0.6) is 11.5 Å². The van der Waals surface area contributed by atoms with Gasteiger partial charge in [0, 0.05) is 74.1 Å². The zero-order valence-electron chi connectivity index (χ0n) is 23.3. The molecular formula is C32H28F3N5O2S. The van der Waals surface area contributed by atoms with Gasteiger partial charge in [0.25, 0.3) is 5.91 Å². The van der Waals surface area contributed by atoms with Crippen LogP contribution in [0, 0.1) is 0 Å². The molecule has 43 heavy (non-hydrogen) atoms. The number of anilines is 1. The number of halogens is 3. The number of fused-ring (bicyclic) bond motifs is 1. The maximum absolute atomic E-state index is 14.0. The normalized spacial score (nSPS) is 14.6. The van der Waals surface area contributed by atoms with Gasteiger partial charge in [-0.3, -0.25) is 14.7 Å². The maximum atomic E-state index is 14.0. The van der Waals surface area contributed by atoms with E-state index >= 15 is 0 Å². The van der Waals surface area contributed by atoms with E-state index in [2.05, 4.69) is 15.2 Å². The third-order valence-electron chi connectivity index (χ3n) is 7.34. The molecule has 0 atom stereocenters. The number of amides is 1. The molecule has 4 heterocycles.